The number of ether oxygens (including phenoxy) is 1. The fraction of sp³-hybridized carbons (Fsp3) is 0.269. The molecular weight excluding hydrogens is 418 g/mol. The molecule has 1 N–H and O–H groups in total. The molecule has 1 heterocycles. The summed E-state index contributed by atoms with van der Waals surface area (Å²) in [5.74, 6) is 0.172. The maximum Gasteiger partial charge on any atom is 0.325 e. The first-order valence-electron chi connectivity index (χ1n) is 10.9. The summed E-state index contributed by atoms with van der Waals surface area (Å²) in [7, 11) is 3.31. The molecule has 1 aliphatic heterocycles. The summed E-state index contributed by atoms with van der Waals surface area (Å²) in [6.07, 6.45) is 0.909. The lowest BCUT2D eigenvalue weighted by Crippen LogP contribution is -2.48. The number of hydrogen-bond acceptors (Lipinski definition) is 4. The number of likely N-dealkylation sites (N-methyl/N-ethyl adjacent to an activating group) is 1. The lowest BCUT2D eigenvalue weighted by Gasteiger charge is -2.22. The minimum Gasteiger partial charge on any atom is -0.497 e. The summed E-state index contributed by atoms with van der Waals surface area (Å²) in [5, 5.41) is 4.95. The van der Waals surface area contributed by atoms with Crippen molar-refractivity contribution in [3.05, 3.63) is 77.4 Å². The summed E-state index contributed by atoms with van der Waals surface area (Å²) in [6, 6.07) is 19.1. The highest BCUT2D eigenvalue weighted by Crippen LogP contribution is 2.34. The Morgan fingerprint density at radius 1 is 1.03 bits per heavy atom. The molecule has 33 heavy (non-hydrogen) atoms. The predicted octanol–water partition coefficient (Wildman–Crippen LogP) is 2.90. The zero-order valence-electron chi connectivity index (χ0n) is 18.6. The van der Waals surface area contributed by atoms with Crippen LogP contribution in [0.1, 0.15) is 16.7 Å². The zero-order valence-corrected chi connectivity index (χ0v) is 18.6. The van der Waals surface area contributed by atoms with Crippen molar-refractivity contribution in [2.75, 3.05) is 20.7 Å². The molecule has 3 aromatic carbocycles. The van der Waals surface area contributed by atoms with Crippen LogP contribution in [0, 0.1) is 0 Å². The average Bonchev–Trinajstić information content (AvgIpc) is 3.30. The number of methoxy groups -OCH3 is 1. The molecule has 0 bridgehead atoms. The highest BCUT2D eigenvalue weighted by molar-refractivity contribution is 6.09. The Morgan fingerprint density at radius 2 is 1.70 bits per heavy atom. The van der Waals surface area contributed by atoms with Crippen LogP contribution in [0.5, 0.6) is 5.75 Å². The quantitative estimate of drug-likeness (QED) is 0.615. The van der Waals surface area contributed by atoms with E-state index in [0.717, 1.165) is 38.1 Å². The molecule has 0 aromatic heterocycles. The van der Waals surface area contributed by atoms with Gasteiger partial charge < -0.3 is 15.0 Å². The van der Waals surface area contributed by atoms with E-state index < -0.39 is 11.6 Å². The molecule has 5 rings (SSSR count). The van der Waals surface area contributed by atoms with E-state index in [1.54, 1.807) is 19.1 Å². The van der Waals surface area contributed by atoms with Crippen LogP contribution in [-0.2, 0) is 29.0 Å². The number of imide groups is 1. The second-order valence-electron chi connectivity index (χ2n) is 8.82. The molecule has 3 aromatic rings. The van der Waals surface area contributed by atoms with Crippen molar-refractivity contribution in [2.24, 2.45) is 0 Å². The monoisotopic (exact) mass is 443 g/mol. The summed E-state index contributed by atoms with van der Waals surface area (Å²) >= 11 is 0. The molecule has 168 valence electrons. The van der Waals surface area contributed by atoms with Crippen molar-refractivity contribution in [1.82, 2.24) is 15.1 Å². The molecule has 4 amide bonds. The number of fused-ring (bicyclic) bond motifs is 2. The average molecular weight is 444 g/mol. The summed E-state index contributed by atoms with van der Waals surface area (Å²) < 4.78 is 5.26. The molecule has 0 atom stereocenters. The predicted molar refractivity (Wildman–Crippen MR) is 124 cm³/mol. The Morgan fingerprint density at radius 3 is 2.39 bits per heavy atom. The Labute approximate surface area is 191 Å². The Balaban J connectivity index is 1.26. The van der Waals surface area contributed by atoms with Gasteiger partial charge in [0.2, 0.25) is 5.91 Å². The Kier molecular flexibility index (Phi) is 5.04. The van der Waals surface area contributed by atoms with Crippen LogP contribution in [0.4, 0.5) is 4.79 Å². The van der Waals surface area contributed by atoms with Gasteiger partial charge in [-0.1, -0.05) is 42.5 Å². The molecule has 1 saturated heterocycles. The summed E-state index contributed by atoms with van der Waals surface area (Å²) in [5.41, 5.74) is 2.11. The minimum atomic E-state index is -0.973. The number of hydrogen-bond donors (Lipinski definition) is 1. The molecule has 2 aliphatic rings. The van der Waals surface area contributed by atoms with Crippen LogP contribution in [0.15, 0.2) is 60.7 Å². The maximum absolute atomic E-state index is 13.2. The fourth-order valence-electron chi connectivity index (χ4n) is 4.79. The molecule has 0 unspecified atom stereocenters. The van der Waals surface area contributed by atoms with E-state index in [1.807, 2.05) is 60.7 Å². The molecule has 1 fully saturated rings. The van der Waals surface area contributed by atoms with Gasteiger partial charge in [-0.3, -0.25) is 14.5 Å². The third-order valence-corrected chi connectivity index (χ3v) is 6.60. The van der Waals surface area contributed by atoms with Gasteiger partial charge in [-0.05, 0) is 45.7 Å². The molecular formula is C26H25N3O4. The van der Waals surface area contributed by atoms with Gasteiger partial charge in [-0.15, -0.1) is 0 Å². The SMILES string of the molecule is COc1ccc2cc(CN(C)C(=O)CN3C(=O)NC4(Cc5ccccc5C4)C3=O)ccc2c1. The molecule has 0 saturated carbocycles. The molecule has 7 nitrogen and oxygen atoms in total. The van der Waals surface area contributed by atoms with Crippen LogP contribution in [0.2, 0.25) is 0 Å². The molecule has 7 heteroatoms. The van der Waals surface area contributed by atoms with Crippen molar-refractivity contribution >= 4 is 28.6 Å². The lowest BCUT2D eigenvalue weighted by atomic mass is 9.96. The van der Waals surface area contributed by atoms with E-state index in [2.05, 4.69) is 5.32 Å². The van der Waals surface area contributed by atoms with Crippen LogP contribution in [0.25, 0.3) is 10.8 Å². The zero-order chi connectivity index (χ0) is 23.2. The highest BCUT2D eigenvalue weighted by atomic mass is 16.5. The molecule has 0 radical (unpaired) electrons. The van der Waals surface area contributed by atoms with Crippen molar-refractivity contribution in [1.29, 1.82) is 0 Å². The lowest BCUT2D eigenvalue weighted by molar-refractivity contribution is -0.138. The van der Waals surface area contributed by atoms with Crippen molar-refractivity contribution in [3.8, 4) is 5.75 Å². The molecule has 1 aliphatic carbocycles. The maximum atomic E-state index is 13.2. The van der Waals surface area contributed by atoms with E-state index >= 15 is 0 Å². The number of rotatable bonds is 5. The second-order valence-corrected chi connectivity index (χ2v) is 8.82. The van der Waals surface area contributed by atoms with Crippen LogP contribution >= 0.6 is 0 Å². The standard InChI is InChI=1S/C26H25N3O4/c1-28(15-17-7-8-19-12-22(33-2)10-9-18(19)11-17)23(30)16-29-24(31)26(27-25(29)32)13-20-5-3-4-6-21(20)14-26/h3-12H,13-16H2,1-2H3,(H,27,32). The third-order valence-electron chi connectivity index (χ3n) is 6.60. The van der Waals surface area contributed by atoms with Gasteiger partial charge in [-0.25, -0.2) is 4.79 Å². The van der Waals surface area contributed by atoms with Gasteiger partial charge >= 0.3 is 6.03 Å². The number of nitrogens with zero attached hydrogens (tertiary/aromatic N) is 2. The first-order valence-corrected chi connectivity index (χ1v) is 10.9. The number of amides is 4. The highest BCUT2D eigenvalue weighted by Gasteiger charge is 2.54. The third kappa shape index (κ3) is 3.69. The second kappa shape index (κ2) is 7.92. The smallest absolute Gasteiger partial charge is 0.325 e. The van der Waals surface area contributed by atoms with Gasteiger partial charge in [0.25, 0.3) is 5.91 Å². The van der Waals surface area contributed by atoms with Gasteiger partial charge in [0.15, 0.2) is 0 Å². The Bertz CT molecular complexity index is 1260. The van der Waals surface area contributed by atoms with Crippen LogP contribution in [-0.4, -0.2) is 53.9 Å². The summed E-state index contributed by atoms with van der Waals surface area (Å²) in [4.78, 5) is 41.3. The van der Waals surface area contributed by atoms with E-state index in [-0.39, 0.29) is 18.4 Å². The van der Waals surface area contributed by atoms with Crippen LogP contribution < -0.4 is 10.1 Å². The fourth-order valence-corrected chi connectivity index (χ4v) is 4.79. The van der Waals surface area contributed by atoms with Crippen LogP contribution in [0.3, 0.4) is 0 Å². The van der Waals surface area contributed by atoms with E-state index in [4.69, 9.17) is 4.74 Å². The number of carbonyl (C=O) groups is 3. The Hall–Kier alpha value is -3.87. The topological polar surface area (TPSA) is 79.0 Å². The largest absolute Gasteiger partial charge is 0.497 e. The van der Waals surface area contributed by atoms with Gasteiger partial charge in [0.1, 0.15) is 17.8 Å². The van der Waals surface area contributed by atoms with Gasteiger partial charge in [0.05, 0.1) is 7.11 Å². The number of urea groups is 1. The molecule has 1 spiro atoms. The first kappa shape index (κ1) is 21.0. The van der Waals surface area contributed by atoms with Crippen molar-refractivity contribution in [2.45, 2.75) is 24.9 Å². The minimum absolute atomic E-state index is 0.274. The number of carbonyl (C=O) groups excluding carboxylic acids is 3. The number of nitrogens with one attached hydrogen (secondary N) is 1. The first-order chi connectivity index (χ1) is 15.9. The van der Waals surface area contributed by atoms with Crippen molar-refractivity contribution in [3.63, 3.8) is 0 Å². The van der Waals surface area contributed by atoms with E-state index in [1.165, 1.54) is 0 Å². The van der Waals surface area contributed by atoms with Gasteiger partial charge in [-0.2, -0.15) is 0 Å². The van der Waals surface area contributed by atoms with E-state index in [9.17, 15) is 14.4 Å². The normalized spacial score (nSPS) is 16.2. The van der Waals surface area contributed by atoms with Gasteiger partial charge in [0, 0.05) is 26.4 Å². The van der Waals surface area contributed by atoms with E-state index in [0.29, 0.717) is 19.4 Å². The summed E-state index contributed by atoms with van der Waals surface area (Å²) in [6.45, 7) is 0.102. The van der Waals surface area contributed by atoms with Crippen molar-refractivity contribution < 1.29 is 19.1 Å². The number of benzene rings is 3.